The average Bonchev–Trinajstić information content (AvgIpc) is 2.23. The maximum atomic E-state index is 12.8. The number of halogens is 2. The van der Waals surface area contributed by atoms with Gasteiger partial charge in [-0.3, -0.25) is 0 Å². The lowest BCUT2D eigenvalue weighted by Gasteiger charge is -2.16. The molecule has 1 aromatic rings. The van der Waals surface area contributed by atoms with Crippen molar-refractivity contribution in [2.45, 2.75) is 6.10 Å². The summed E-state index contributed by atoms with van der Waals surface area (Å²) in [6, 6.07) is 4.16. The van der Waals surface area contributed by atoms with E-state index in [0.29, 0.717) is 18.9 Å². The number of benzene rings is 1. The van der Waals surface area contributed by atoms with Crippen LogP contribution in [0.5, 0.6) is 5.75 Å². The topological polar surface area (TPSA) is 44.5 Å². The quantitative estimate of drug-likeness (QED) is 0.844. The summed E-state index contributed by atoms with van der Waals surface area (Å²) in [4.78, 5) is 0. The van der Waals surface area contributed by atoms with Crippen LogP contribution in [0, 0.1) is 5.82 Å². The molecule has 0 radical (unpaired) electrons. The Labute approximate surface area is 92.9 Å². The van der Waals surface area contributed by atoms with Crippen LogP contribution in [-0.2, 0) is 4.74 Å². The molecule has 0 aromatic heterocycles. The second kappa shape index (κ2) is 5.90. The van der Waals surface area contributed by atoms with Crippen LogP contribution < -0.4 is 10.5 Å². The van der Waals surface area contributed by atoms with E-state index in [4.69, 9.17) is 26.8 Å². The number of ether oxygens (including phenoxy) is 2. The molecule has 1 unspecified atom stereocenters. The van der Waals surface area contributed by atoms with E-state index >= 15 is 0 Å². The Morgan fingerprint density at radius 2 is 2.27 bits per heavy atom. The van der Waals surface area contributed by atoms with Crippen LogP contribution in [-0.4, -0.2) is 26.4 Å². The lowest BCUT2D eigenvalue weighted by Crippen LogP contribution is -2.31. The largest absolute Gasteiger partial charge is 0.487 e. The summed E-state index contributed by atoms with van der Waals surface area (Å²) in [6.07, 6.45) is -0.253. The molecule has 15 heavy (non-hydrogen) atoms. The van der Waals surface area contributed by atoms with E-state index in [1.54, 1.807) is 7.11 Å². The van der Waals surface area contributed by atoms with Gasteiger partial charge in [-0.2, -0.15) is 0 Å². The van der Waals surface area contributed by atoms with E-state index in [2.05, 4.69) is 0 Å². The molecule has 0 heterocycles. The lowest BCUT2D eigenvalue weighted by molar-refractivity contribution is 0.0860. The standard InChI is InChI=1S/C10H13ClFNO2/c1-14-6-8(5-13)15-7-2-3-10(12)9(11)4-7/h2-4,8H,5-6,13H2,1H3. The third-order valence-electron chi connectivity index (χ3n) is 1.81. The van der Waals surface area contributed by atoms with Gasteiger partial charge in [0.05, 0.1) is 11.6 Å². The second-order valence-corrected chi connectivity index (χ2v) is 3.41. The summed E-state index contributed by atoms with van der Waals surface area (Å²) in [7, 11) is 1.56. The fourth-order valence-electron chi connectivity index (χ4n) is 1.08. The van der Waals surface area contributed by atoms with Gasteiger partial charge in [-0.1, -0.05) is 11.6 Å². The fraction of sp³-hybridized carbons (Fsp3) is 0.400. The fourth-order valence-corrected chi connectivity index (χ4v) is 1.25. The third kappa shape index (κ3) is 3.66. The monoisotopic (exact) mass is 233 g/mol. The molecule has 0 amide bonds. The Hall–Kier alpha value is -0.840. The van der Waals surface area contributed by atoms with E-state index in [9.17, 15) is 4.39 Å². The van der Waals surface area contributed by atoms with Crippen LogP contribution in [0.15, 0.2) is 18.2 Å². The van der Waals surface area contributed by atoms with Crippen molar-refractivity contribution in [2.24, 2.45) is 5.73 Å². The molecule has 1 aromatic carbocycles. The van der Waals surface area contributed by atoms with Gasteiger partial charge in [0.1, 0.15) is 17.7 Å². The van der Waals surface area contributed by atoms with Crippen LogP contribution in [0.3, 0.4) is 0 Å². The molecule has 0 spiro atoms. The first-order chi connectivity index (χ1) is 7.17. The maximum absolute atomic E-state index is 12.8. The Morgan fingerprint density at radius 3 is 2.80 bits per heavy atom. The van der Waals surface area contributed by atoms with Crippen LogP contribution in [0.1, 0.15) is 0 Å². The lowest BCUT2D eigenvalue weighted by atomic mass is 10.3. The minimum absolute atomic E-state index is 0.0284. The summed E-state index contributed by atoms with van der Waals surface area (Å²) < 4.78 is 23.2. The molecular weight excluding hydrogens is 221 g/mol. The van der Waals surface area contributed by atoms with Gasteiger partial charge in [0.25, 0.3) is 0 Å². The molecule has 0 aliphatic carbocycles. The van der Waals surface area contributed by atoms with Crippen molar-refractivity contribution in [3.05, 3.63) is 29.0 Å². The Balaban J connectivity index is 2.66. The molecule has 1 rings (SSSR count). The minimum Gasteiger partial charge on any atom is -0.487 e. The van der Waals surface area contributed by atoms with Crippen molar-refractivity contribution in [2.75, 3.05) is 20.3 Å². The van der Waals surface area contributed by atoms with E-state index in [1.807, 2.05) is 0 Å². The van der Waals surface area contributed by atoms with Crippen LogP contribution in [0.25, 0.3) is 0 Å². The van der Waals surface area contributed by atoms with Crippen LogP contribution in [0.4, 0.5) is 4.39 Å². The summed E-state index contributed by atoms with van der Waals surface area (Å²) in [6.45, 7) is 0.703. The van der Waals surface area contributed by atoms with Gasteiger partial charge >= 0.3 is 0 Å². The molecule has 0 aliphatic heterocycles. The minimum atomic E-state index is -0.472. The molecule has 1 atom stereocenters. The molecular formula is C10H13ClFNO2. The van der Waals surface area contributed by atoms with Gasteiger partial charge in [0, 0.05) is 19.7 Å². The summed E-state index contributed by atoms with van der Waals surface area (Å²) >= 11 is 5.60. The number of rotatable bonds is 5. The SMILES string of the molecule is COCC(CN)Oc1ccc(F)c(Cl)c1. The van der Waals surface area contributed by atoms with Gasteiger partial charge < -0.3 is 15.2 Å². The first kappa shape index (κ1) is 12.2. The number of hydrogen-bond acceptors (Lipinski definition) is 3. The summed E-state index contributed by atoms with van der Waals surface area (Å²) in [5.74, 6) is 0.00829. The zero-order chi connectivity index (χ0) is 11.3. The van der Waals surface area contributed by atoms with Crippen molar-refractivity contribution in [1.82, 2.24) is 0 Å². The Morgan fingerprint density at radius 1 is 1.53 bits per heavy atom. The van der Waals surface area contributed by atoms with E-state index in [1.165, 1.54) is 18.2 Å². The first-order valence-corrected chi connectivity index (χ1v) is 4.86. The maximum Gasteiger partial charge on any atom is 0.142 e. The van der Waals surface area contributed by atoms with E-state index < -0.39 is 5.82 Å². The summed E-state index contributed by atoms with van der Waals surface area (Å²) in [5.41, 5.74) is 5.46. The van der Waals surface area contributed by atoms with Gasteiger partial charge in [0.15, 0.2) is 0 Å². The van der Waals surface area contributed by atoms with E-state index in [-0.39, 0.29) is 11.1 Å². The highest BCUT2D eigenvalue weighted by Crippen LogP contribution is 2.21. The van der Waals surface area contributed by atoms with Crippen LogP contribution in [0.2, 0.25) is 5.02 Å². The molecule has 5 heteroatoms. The van der Waals surface area contributed by atoms with Gasteiger partial charge in [-0.05, 0) is 12.1 Å². The number of methoxy groups -OCH3 is 1. The number of hydrogen-bond donors (Lipinski definition) is 1. The first-order valence-electron chi connectivity index (χ1n) is 4.48. The van der Waals surface area contributed by atoms with Gasteiger partial charge in [-0.25, -0.2) is 4.39 Å². The average molecular weight is 234 g/mol. The van der Waals surface area contributed by atoms with E-state index in [0.717, 1.165) is 0 Å². The Kier molecular flexibility index (Phi) is 4.81. The highest BCUT2D eigenvalue weighted by Gasteiger charge is 2.09. The predicted molar refractivity (Wildman–Crippen MR) is 56.8 cm³/mol. The van der Waals surface area contributed by atoms with Crippen molar-refractivity contribution >= 4 is 11.6 Å². The van der Waals surface area contributed by atoms with Crippen molar-refractivity contribution in [3.8, 4) is 5.75 Å². The third-order valence-corrected chi connectivity index (χ3v) is 2.10. The highest BCUT2D eigenvalue weighted by atomic mass is 35.5. The molecule has 0 fully saturated rings. The van der Waals surface area contributed by atoms with Crippen LogP contribution >= 0.6 is 11.6 Å². The summed E-state index contributed by atoms with van der Waals surface area (Å²) in [5, 5.41) is 0.0284. The molecule has 0 aliphatic rings. The Bertz CT molecular complexity index is 322. The number of nitrogens with two attached hydrogens (primary N) is 1. The zero-order valence-electron chi connectivity index (χ0n) is 8.37. The predicted octanol–water partition coefficient (Wildman–Crippen LogP) is 1.83. The van der Waals surface area contributed by atoms with Crippen molar-refractivity contribution in [1.29, 1.82) is 0 Å². The molecule has 3 nitrogen and oxygen atoms in total. The van der Waals surface area contributed by atoms with Gasteiger partial charge in [-0.15, -0.1) is 0 Å². The normalized spacial score (nSPS) is 12.5. The van der Waals surface area contributed by atoms with Crippen molar-refractivity contribution in [3.63, 3.8) is 0 Å². The second-order valence-electron chi connectivity index (χ2n) is 3.01. The molecule has 0 bridgehead atoms. The smallest absolute Gasteiger partial charge is 0.142 e. The van der Waals surface area contributed by atoms with Crippen molar-refractivity contribution < 1.29 is 13.9 Å². The van der Waals surface area contributed by atoms with Gasteiger partial charge in [0.2, 0.25) is 0 Å². The molecule has 0 saturated heterocycles. The molecule has 2 N–H and O–H groups in total. The zero-order valence-corrected chi connectivity index (χ0v) is 9.13. The molecule has 0 saturated carbocycles. The highest BCUT2D eigenvalue weighted by molar-refractivity contribution is 6.30. The molecule has 84 valence electrons.